The molecule has 1 saturated carbocycles. The van der Waals surface area contributed by atoms with Crippen molar-refractivity contribution >= 4 is 22.4 Å². The Hall–Kier alpha value is -1.14. The van der Waals surface area contributed by atoms with Gasteiger partial charge in [-0.1, -0.05) is 24.2 Å². The van der Waals surface area contributed by atoms with Crippen molar-refractivity contribution in [1.29, 1.82) is 0 Å². The normalized spacial score (nSPS) is 26.2. The lowest BCUT2D eigenvalue weighted by atomic mass is 9.90. The third kappa shape index (κ3) is 2.42. The molecule has 2 aliphatic rings. The molecule has 0 radical (unpaired) electrons. The van der Waals surface area contributed by atoms with Crippen LogP contribution < -0.4 is 4.90 Å². The number of rotatable bonds is 2. The topological polar surface area (TPSA) is 51.7 Å². The van der Waals surface area contributed by atoms with Gasteiger partial charge >= 0.3 is 5.97 Å². The average Bonchev–Trinajstić information content (AvgIpc) is 2.87. The number of carbonyl (C=O) groups excluding carboxylic acids is 1. The third-order valence-electron chi connectivity index (χ3n) is 4.13. The van der Waals surface area contributed by atoms with E-state index < -0.39 is 0 Å². The quantitative estimate of drug-likeness (QED) is 0.784. The van der Waals surface area contributed by atoms with Gasteiger partial charge in [-0.15, -0.1) is 0 Å². The molecule has 2 fully saturated rings. The van der Waals surface area contributed by atoms with Gasteiger partial charge in [0.15, 0.2) is 5.13 Å². The van der Waals surface area contributed by atoms with E-state index in [1.54, 1.807) is 0 Å². The number of nitrogens with zero attached hydrogens (tertiary/aromatic N) is 2. The molecule has 0 aromatic carbocycles. The number of fused-ring (bicyclic) bond motifs is 1. The summed E-state index contributed by atoms with van der Waals surface area (Å²) < 4.78 is 10.7. The van der Waals surface area contributed by atoms with Gasteiger partial charge < -0.3 is 14.4 Å². The molecule has 2 heterocycles. The maximum absolute atomic E-state index is 11.7. The molecule has 1 aromatic rings. The van der Waals surface area contributed by atoms with E-state index in [0.29, 0.717) is 17.0 Å². The van der Waals surface area contributed by atoms with E-state index in [0.717, 1.165) is 36.8 Å². The fraction of sp³-hybridized carbons (Fsp3) is 0.714. The molecule has 1 aromatic heterocycles. The van der Waals surface area contributed by atoms with Crippen molar-refractivity contribution in [2.75, 3.05) is 25.2 Å². The van der Waals surface area contributed by atoms with Crippen LogP contribution in [0.5, 0.6) is 0 Å². The Kier molecular flexibility index (Phi) is 3.94. The minimum atomic E-state index is -0.292. The molecule has 20 heavy (non-hydrogen) atoms. The molecule has 6 heteroatoms. The van der Waals surface area contributed by atoms with Gasteiger partial charge in [0, 0.05) is 6.54 Å². The number of anilines is 1. The molecular formula is C14H20N2O3S. The first-order chi connectivity index (χ1) is 9.70. The summed E-state index contributed by atoms with van der Waals surface area (Å²) in [6.07, 6.45) is 5.10. The van der Waals surface area contributed by atoms with E-state index >= 15 is 0 Å². The van der Waals surface area contributed by atoms with Crippen LogP contribution in [0.3, 0.4) is 0 Å². The minimum Gasteiger partial charge on any atom is -0.465 e. The molecule has 1 aliphatic carbocycles. The maximum Gasteiger partial charge on any atom is 0.350 e. The van der Waals surface area contributed by atoms with E-state index in [1.807, 2.05) is 6.92 Å². The SMILES string of the molecule is COC(=O)c1sc(N2CCOC3CCCCC32)nc1C. The number of ether oxygens (including phenoxy) is 2. The number of esters is 1. The minimum absolute atomic E-state index is 0.292. The fourth-order valence-corrected chi connectivity index (χ4v) is 4.19. The van der Waals surface area contributed by atoms with Crippen molar-refractivity contribution < 1.29 is 14.3 Å². The Labute approximate surface area is 122 Å². The van der Waals surface area contributed by atoms with Gasteiger partial charge in [-0.25, -0.2) is 9.78 Å². The summed E-state index contributed by atoms with van der Waals surface area (Å²) in [5.41, 5.74) is 0.760. The summed E-state index contributed by atoms with van der Waals surface area (Å²) in [6.45, 7) is 3.47. The Bertz CT molecular complexity index is 501. The molecular weight excluding hydrogens is 276 g/mol. The van der Waals surface area contributed by atoms with Crippen LogP contribution in [-0.4, -0.2) is 43.4 Å². The molecule has 0 spiro atoms. The van der Waals surface area contributed by atoms with E-state index in [9.17, 15) is 4.79 Å². The Morgan fingerprint density at radius 1 is 1.45 bits per heavy atom. The van der Waals surface area contributed by atoms with Crippen LogP contribution in [0, 0.1) is 6.92 Å². The molecule has 3 rings (SSSR count). The zero-order valence-electron chi connectivity index (χ0n) is 11.9. The predicted molar refractivity (Wildman–Crippen MR) is 77.5 cm³/mol. The highest BCUT2D eigenvalue weighted by molar-refractivity contribution is 7.17. The van der Waals surface area contributed by atoms with Gasteiger partial charge in [0.25, 0.3) is 0 Å². The van der Waals surface area contributed by atoms with Crippen LogP contribution in [0.25, 0.3) is 0 Å². The maximum atomic E-state index is 11.7. The highest BCUT2D eigenvalue weighted by Gasteiger charge is 2.36. The number of hydrogen-bond donors (Lipinski definition) is 0. The van der Waals surface area contributed by atoms with Crippen molar-refractivity contribution in [3.8, 4) is 0 Å². The van der Waals surface area contributed by atoms with Gasteiger partial charge in [-0.2, -0.15) is 0 Å². The van der Waals surface area contributed by atoms with Gasteiger partial charge in [-0.05, 0) is 19.8 Å². The van der Waals surface area contributed by atoms with Crippen LogP contribution >= 0.6 is 11.3 Å². The number of methoxy groups -OCH3 is 1. The lowest BCUT2D eigenvalue weighted by Gasteiger charge is -2.43. The lowest BCUT2D eigenvalue weighted by molar-refractivity contribution is -0.00869. The summed E-state index contributed by atoms with van der Waals surface area (Å²) in [5, 5.41) is 0.933. The summed E-state index contributed by atoms with van der Waals surface area (Å²) >= 11 is 1.44. The second-order valence-corrected chi connectivity index (χ2v) is 6.33. The first-order valence-electron chi connectivity index (χ1n) is 7.14. The molecule has 1 saturated heterocycles. The summed E-state index contributed by atoms with van der Waals surface area (Å²) in [7, 11) is 1.41. The molecule has 0 amide bonds. The molecule has 0 bridgehead atoms. The molecule has 5 nitrogen and oxygen atoms in total. The van der Waals surface area contributed by atoms with Crippen molar-refractivity contribution in [1.82, 2.24) is 4.98 Å². The fourth-order valence-electron chi connectivity index (χ4n) is 3.12. The zero-order valence-corrected chi connectivity index (χ0v) is 12.7. The summed E-state index contributed by atoms with van der Waals surface area (Å²) in [5.74, 6) is -0.292. The number of carbonyl (C=O) groups is 1. The second-order valence-electron chi connectivity index (χ2n) is 5.36. The number of morpholine rings is 1. The van der Waals surface area contributed by atoms with Crippen LogP contribution in [-0.2, 0) is 9.47 Å². The summed E-state index contributed by atoms with van der Waals surface area (Å²) in [6, 6.07) is 0.411. The standard InChI is InChI=1S/C14H20N2O3S/c1-9-12(13(17)18-2)20-14(15-9)16-7-8-19-11-6-4-3-5-10(11)16/h10-11H,3-8H2,1-2H3. The van der Waals surface area contributed by atoms with Crippen LogP contribution in [0.15, 0.2) is 0 Å². The van der Waals surface area contributed by atoms with E-state index in [-0.39, 0.29) is 5.97 Å². The predicted octanol–water partition coefficient (Wildman–Crippen LogP) is 2.39. The zero-order chi connectivity index (χ0) is 14.1. The second kappa shape index (κ2) is 5.69. The number of aryl methyl sites for hydroxylation is 1. The van der Waals surface area contributed by atoms with Crippen LogP contribution in [0.4, 0.5) is 5.13 Å². The van der Waals surface area contributed by atoms with E-state index in [2.05, 4.69) is 9.88 Å². The number of aromatic nitrogens is 1. The van der Waals surface area contributed by atoms with Crippen LogP contribution in [0.1, 0.15) is 41.0 Å². The van der Waals surface area contributed by atoms with E-state index in [4.69, 9.17) is 9.47 Å². The summed E-state index contributed by atoms with van der Waals surface area (Å²) in [4.78, 5) is 19.2. The number of thiazole rings is 1. The van der Waals surface area contributed by atoms with Gasteiger partial charge in [0.05, 0.1) is 31.6 Å². The van der Waals surface area contributed by atoms with Gasteiger partial charge in [-0.3, -0.25) is 0 Å². The monoisotopic (exact) mass is 296 g/mol. The molecule has 2 unspecified atom stereocenters. The van der Waals surface area contributed by atoms with Gasteiger partial charge in [0.1, 0.15) is 4.88 Å². The largest absolute Gasteiger partial charge is 0.465 e. The molecule has 1 aliphatic heterocycles. The Morgan fingerprint density at radius 2 is 2.25 bits per heavy atom. The molecule has 0 N–H and O–H groups in total. The smallest absolute Gasteiger partial charge is 0.350 e. The highest BCUT2D eigenvalue weighted by atomic mass is 32.1. The lowest BCUT2D eigenvalue weighted by Crippen LogP contribution is -2.52. The number of hydrogen-bond acceptors (Lipinski definition) is 6. The van der Waals surface area contributed by atoms with Crippen molar-refractivity contribution in [2.24, 2.45) is 0 Å². The molecule has 110 valence electrons. The Morgan fingerprint density at radius 3 is 3.05 bits per heavy atom. The molecule has 2 atom stereocenters. The first-order valence-corrected chi connectivity index (χ1v) is 7.96. The highest BCUT2D eigenvalue weighted by Crippen LogP contribution is 2.35. The first kappa shape index (κ1) is 13.8. The average molecular weight is 296 g/mol. The van der Waals surface area contributed by atoms with Crippen molar-refractivity contribution in [3.63, 3.8) is 0 Å². The Balaban J connectivity index is 1.86. The van der Waals surface area contributed by atoms with Crippen molar-refractivity contribution in [3.05, 3.63) is 10.6 Å². The third-order valence-corrected chi connectivity index (χ3v) is 5.31. The van der Waals surface area contributed by atoms with Crippen LogP contribution in [0.2, 0.25) is 0 Å². The van der Waals surface area contributed by atoms with E-state index in [1.165, 1.54) is 31.3 Å². The van der Waals surface area contributed by atoms with Crippen molar-refractivity contribution in [2.45, 2.75) is 44.8 Å². The van der Waals surface area contributed by atoms with Gasteiger partial charge in [0.2, 0.25) is 0 Å².